The van der Waals surface area contributed by atoms with E-state index in [1.807, 2.05) is 0 Å². The number of sulfone groups is 1. The summed E-state index contributed by atoms with van der Waals surface area (Å²) >= 11 is 0. The Morgan fingerprint density at radius 2 is 1.73 bits per heavy atom. The third kappa shape index (κ3) is 2.19. The molecule has 0 aromatic heterocycles. The highest BCUT2D eigenvalue weighted by molar-refractivity contribution is 7.94. The van der Waals surface area contributed by atoms with Crippen molar-refractivity contribution in [1.82, 2.24) is 0 Å². The van der Waals surface area contributed by atoms with E-state index in [0.717, 1.165) is 30.9 Å². The van der Waals surface area contributed by atoms with Gasteiger partial charge in [-0.15, -0.1) is 0 Å². The summed E-state index contributed by atoms with van der Waals surface area (Å²) < 4.78 is 22.6. The van der Waals surface area contributed by atoms with Gasteiger partial charge in [-0.1, -0.05) is 26.2 Å². The molecule has 1 fully saturated rings. The van der Waals surface area contributed by atoms with Crippen LogP contribution in [-0.4, -0.2) is 14.2 Å². The lowest BCUT2D eigenvalue weighted by Gasteiger charge is -2.19. The molecule has 0 unspecified atom stereocenters. The van der Waals surface area contributed by atoms with Gasteiger partial charge in [0.15, 0.2) is 9.84 Å². The molecule has 0 atom stereocenters. The van der Waals surface area contributed by atoms with Crippen LogP contribution in [0.25, 0.3) is 0 Å². The van der Waals surface area contributed by atoms with Crippen LogP contribution in [0.5, 0.6) is 0 Å². The Bertz CT molecular complexity index is 200. The van der Waals surface area contributed by atoms with Crippen molar-refractivity contribution in [3.05, 3.63) is 5.25 Å². The molecule has 1 rings (SSSR count). The molecule has 11 heavy (non-hydrogen) atoms. The summed E-state index contributed by atoms with van der Waals surface area (Å²) in [6.07, 6.45) is 4.96. The molecule has 0 amide bonds. The van der Waals surface area contributed by atoms with E-state index in [-0.39, 0.29) is 5.75 Å². The second kappa shape index (κ2) is 3.57. The molecule has 0 N–H and O–H groups in total. The van der Waals surface area contributed by atoms with Crippen LogP contribution in [0.2, 0.25) is 0 Å². The minimum Gasteiger partial charge on any atom is -0.228 e. The van der Waals surface area contributed by atoms with Gasteiger partial charge in [-0.2, -0.15) is 0 Å². The van der Waals surface area contributed by atoms with Crippen molar-refractivity contribution < 1.29 is 8.42 Å². The molecule has 1 aliphatic carbocycles. The van der Waals surface area contributed by atoms with E-state index in [0.29, 0.717) is 0 Å². The Hall–Kier alpha value is -0.0500. The molecule has 3 heteroatoms. The second-order valence-electron chi connectivity index (χ2n) is 3.00. The van der Waals surface area contributed by atoms with Gasteiger partial charge < -0.3 is 0 Å². The predicted octanol–water partition coefficient (Wildman–Crippen LogP) is 1.92. The van der Waals surface area contributed by atoms with Crippen LogP contribution in [0.4, 0.5) is 0 Å². The lowest BCUT2D eigenvalue weighted by atomic mass is 10.0. The molecule has 0 aromatic carbocycles. The molecular formula is C8H15O2S. The van der Waals surface area contributed by atoms with Crippen molar-refractivity contribution in [2.45, 2.75) is 39.0 Å². The summed E-state index contributed by atoms with van der Waals surface area (Å²) in [5.41, 5.74) is 0. The largest absolute Gasteiger partial charge is 0.228 e. The third-order valence-electron chi connectivity index (χ3n) is 2.23. The van der Waals surface area contributed by atoms with Crippen LogP contribution < -0.4 is 0 Å². The molecule has 0 saturated heterocycles. The monoisotopic (exact) mass is 175 g/mol. The van der Waals surface area contributed by atoms with Crippen molar-refractivity contribution in [2.24, 2.45) is 0 Å². The fraction of sp³-hybridized carbons (Fsp3) is 0.875. The molecule has 0 bridgehead atoms. The van der Waals surface area contributed by atoms with Crippen LogP contribution in [0.3, 0.4) is 0 Å². The van der Waals surface area contributed by atoms with E-state index >= 15 is 0 Å². The van der Waals surface area contributed by atoms with Crippen LogP contribution in [0.15, 0.2) is 0 Å². The van der Waals surface area contributed by atoms with E-state index in [1.165, 1.54) is 6.42 Å². The molecule has 0 spiro atoms. The zero-order chi connectivity index (χ0) is 8.32. The Balaban J connectivity index is 2.58. The van der Waals surface area contributed by atoms with E-state index in [9.17, 15) is 8.42 Å². The SMILES string of the molecule is CCS(=O)(=O)[C]1CCCCC1. The van der Waals surface area contributed by atoms with Crippen LogP contribution in [-0.2, 0) is 9.84 Å². The Kier molecular flexibility index (Phi) is 2.93. The van der Waals surface area contributed by atoms with Crippen molar-refractivity contribution in [1.29, 1.82) is 0 Å². The second-order valence-corrected chi connectivity index (χ2v) is 5.39. The summed E-state index contributed by atoms with van der Waals surface area (Å²) in [7, 11) is -2.80. The van der Waals surface area contributed by atoms with Gasteiger partial charge in [-0.05, 0) is 12.8 Å². The summed E-state index contributed by atoms with van der Waals surface area (Å²) in [4.78, 5) is 0. The summed E-state index contributed by atoms with van der Waals surface area (Å²) in [5.74, 6) is 0.280. The van der Waals surface area contributed by atoms with Crippen molar-refractivity contribution in [2.75, 3.05) is 5.75 Å². The maximum atomic E-state index is 11.3. The molecule has 0 heterocycles. The van der Waals surface area contributed by atoms with Crippen LogP contribution >= 0.6 is 0 Å². The Morgan fingerprint density at radius 3 is 2.18 bits per heavy atom. The molecule has 0 aromatic rings. The molecule has 1 aliphatic rings. The van der Waals surface area contributed by atoms with Crippen LogP contribution in [0.1, 0.15) is 39.0 Å². The molecule has 1 radical (unpaired) electrons. The highest BCUT2D eigenvalue weighted by atomic mass is 32.2. The van der Waals surface area contributed by atoms with Gasteiger partial charge in [0, 0.05) is 5.75 Å². The van der Waals surface area contributed by atoms with Gasteiger partial charge in [0.2, 0.25) is 0 Å². The summed E-state index contributed by atoms with van der Waals surface area (Å²) in [6.45, 7) is 1.72. The highest BCUT2D eigenvalue weighted by Gasteiger charge is 2.25. The highest BCUT2D eigenvalue weighted by Crippen LogP contribution is 2.30. The first-order valence-electron chi connectivity index (χ1n) is 4.24. The fourth-order valence-electron chi connectivity index (χ4n) is 1.46. The smallest absolute Gasteiger partial charge is 0.157 e. The van der Waals surface area contributed by atoms with E-state index in [2.05, 4.69) is 0 Å². The first kappa shape index (κ1) is 9.04. The standard InChI is InChI=1S/C8H15O2S/c1-2-11(9,10)8-6-4-3-5-7-8/h2-7H2,1H3. The minimum absolute atomic E-state index is 0.280. The first-order valence-corrected chi connectivity index (χ1v) is 5.89. The van der Waals surface area contributed by atoms with E-state index < -0.39 is 9.84 Å². The number of hydrogen-bond acceptors (Lipinski definition) is 2. The lowest BCUT2D eigenvalue weighted by Crippen LogP contribution is -2.17. The van der Waals surface area contributed by atoms with Gasteiger partial charge in [0.1, 0.15) is 0 Å². The summed E-state index contributed by atoms with van der Waals surface area (Å²) in [5, 5.41) is 0.797. The van der Waals surface area contributed by atoms with Crippen molar-refractivity contribution in [3.63, 3.8) is 0 Å². The number of rotatable bonds is 2. The molecular weight excluding hydrogens is 160 g/mol. The topological polar surface area (TPSA) is 34.1 Å². The van der Waals surface area contributed by atoms with Crippen molar-refractivity contribution >= 4 is 9.84 Å². The zero-order valence-corrected chi connectivity index (χ0v) is 7.78. The minimum atomic E-state index is -2.80. The quantitative estimate of drug-likeness (QED) is 0.642. The summed E-state index contributed by atoms with van der Waals surface area (Å²) in [6, 6.07) is 0. The first-order chi connectivity index (χ1) is 5.17. The van der Waals surface area contributed by atoms with Gasteiger partial charge in [0.25, 0.3) is 0 Å². The fourth-order valence-corrected chi connectivity index (χ4v) is 2.78. The maximum Gasteiger partial charge on any atom is 0.157 e. The van der Waals surface area contributed by atoms with E-state index in [4.69, 9.17) is 0 Å². The average molecular weight is 175 g/mol. The van der Waals surface area contributed by atoms with Gasteiger partial charge in [-0.3, -0.25) is 0 Å². The third-order valence-corrected chi connectivity index (χ3v) is 4.28. The molecule has 1 saturated carbocycles. The van der Waals surface area contributed by atoms with E-state index in [1.54, 1.807) is 6.92 Å². The van der Waals surface area contributed by atoms with Crippen LogP contribution in [0, 0.1) is 5.25 Å². The van der Waals surface area contributed by atoms with Crippen molar-refractivity contribution in [3.8, 4) is 0 Å². The van der Waals surface area contributed by atoms with Gasteiger partial charge in [-0.25, -0.2) is 8.42 Å². The lowest BCUT2D eigenvalue weighted by molar-refractivity contribution is 0.541. The van der Waals surface area contributed by atoms with Gasteiger partial charge in [0.05, 0.1) is 5.25 Å². The molecule has 2 nitrogen and oxygen atoms in total. The molecule has 65 valence electrons. The maximum absolute atomic E-state index is 11.3. The average Bonchev–Trinajstić information content (AvgIpc) is 2.06. The molecule has 0 aliphatic heterocycles. The zero-order valence-electron chi connectivity index (χ0n) is 6.97. The normalized spacial score (nSPS) is 21.9. The Morgan fingerprint density at radius 1 is 1.18 bits per heavy atom. The van der Waals surface area contributed by atoms with Gasteiger partial charge >= 0.3 is 0 Å². The predicted molar refractivity (Wildman–Crippen MR) is 45.8 cm³/mol. The number of hydrogen-bond donors (Lipinski definition) is 0. The Labute approximate surface area is 68.9 Å².